The van der Waals surface area contributed by atoms with E-state index in [-0.39, 0.29) is 23.9 Å². The van der Waals surface area contributed by atoms with Crippen molar-refractivity contribution in [3.8, 4) is 0 Å². The van der Waals surface area contributed by atoms with E-state index in [1.807, 2.05) is 0 Å². The lowest BCUT2D eigenvalue weighted by Crippen LogP contribution is -2.39. The molecule has 0 spiro atoms. The summed E-state index contributed by atoms with van der Waals surface area (Å²) in [7, 11) is 0. The smallest absolute Gasteiger partial charge is 0.128 e. The minimum absolute atomic E-state index is 0.00916. The van der Waals surface area contributed by atoms with Gasteiger partial charge in [-0.3, -0.25) is 0 Å². The standard InChI is InChI=1S/C13H20FNO/c1-13(2,3)12(15)9-16-8-10-6-4-5-7-11(10)14/h4-7,12H,8-9,15H2,1-3H3. The topological polar surface area (TPSA) is 35.2 Å². The van der Waals surface area contributed by atoms with Crippen LogP contribution in [0.2, 0.25) is 0 Å². The van der Waals surface area contributed by atoms with Crippen molar-refractivity contribution in [1.82, 2.24) is 0 Å². The fourth-order valence-corrected chi connectivity index (χ4v) is 1.16. The van der Waals surface area contributed by atoms with Crippen LogP contribution in [0.25, 0.3) is 0 Å². The number of hydrogen-bond donors (Lipinski definition) is 1. The lowest BCUT2D eigenvalue weighted by Gasteiger charge is -2.26. The number of nitrogens with two attached hydrogens (primary N) is 1. The van der Waals surface area contributed by atoms with E-state index in [0.717, 1.165) is 0 Å². The Morgan fingerprint density at radius 2 is 1.94 bits per heavy atom. The van der Waals surface area contributed by atoms with E-state index in [0.29, 0.717) is 12.2 Å². The van der Waals surface area contributed by atoms with Crippen molar-refractivity contribution in [3.63, 3.8) is 0 Å². The van der Waals surface area contributed by atoms with Crippen molar-refractivity contribution < 1.29 is 9.13 Å². The van der Waals surface area contributed by atoms with Gasteiger partial charge in [-0.2, -0.15) is 0 Å². The Hall–Kier alpha value is -0.930. The van der Waals surface area contributed by atoms with E-state index in [9.17, 15) is 4.39 Å². The maximum atomic E-state index is 13.2. The summed E-state index contributed by atoms with van der Waals surface area (Å²) < 4.78 is 18.7. The third kappa shape index (κ3) is 3.91. The predicted molar refractivity (Wildman–Crippen MR) is 63.5 cm³/mol. The van der Waals surface area contributed by atoms with Gasteiger partial charge >= 0.3 is 0 Å². The van der Waals surface area contributed by atoms with Crippen LogP contribution in [0.3, 0.4) is 0 Å². The third-order valence-electron chi connectivity index (χ3n) is 2.63. The number of ether oxygens (including phenoxy) is 1. The van der Waals surface area contributed by atoms with Gasteiger partial charge in [-0.05, 0) is 11.5 Å². The minimum atomic E-state index is -0.230. The highest BCUT2D eigenvalue weighted by molar-refractivity contribution is 5.16. The second kappa shape index (κ2) is 5.41. The first-order valence-corrected chi connectivity index (χ1v) is 5.48. The van der Waals surface area contributed by atoms with Gasteiger partial charge in [0.25, 0.3) is 0 Å². The maximum Gasteiger partial charge on any atom is 0.128 e. The summed E-state index contributed by atoms with van der Waals surface area (Å²) in [5, 5.41) is 0. The lowest BCUT2D eigenvalue weighted by molar-refractivity contribution is 0.0775. The van der Waals surface area contributed by atoms with E-state index in [1.54, 1.807) is 18.2 Å². The first-order valence-electron chi connectivity index (χ1n) is 5.48. The second-order valence-corrected chi connectivity index (χ2v) is 5.08. The van der Waals surface area contributed by atoms with E-state index in [2.05, 4.69) is 20.8 Å². The minimum Gasteiger partial charge on any atom is -0.375 e. The SMILES string of the molecule is CC(C)(C)C(N)COCc1ccccc1F. The zero-order valence-corrected chi connectivity index (χ0v) is 10.2. The summed E-state index contributed by atoms with van der Waals surface area (Å²) in [4.78, 5) is 0. The molecule has 0 fully saturated rings. The normalized spacial score (nSPS) is 13.8. The first kappa shape index (κ1) is 13.1. The first-order chi connectivity index (χ1) is 7.41. The van der Waals surface area contributed by atoms with Gasteiger partial charge in [0, 0.05) is 11.6 Å². The molecular formula is C13H20FNO. The van der Waals surface area contributed by atoms with Crippen LogP contribution < -0.4 is 5.73 Å². The lowest BCUT2D eigenvalue weighted by atomic mass is 9.88. The van der Waals surface area contributed by atoms with E-state index in [4.69, 9.17) is 10.5 Å². The summed E-state index contributed by atoms with van der Waals surface area (Å²) in [6.45, 7) is 6.90. The summed E-state index contributed by atoms with van der Waals surface area (Å²) in [6.07, 6.45) is 0. The fraction of sp³-hybridized carbons (Fsp3) is 0.538. The fourth-order valence-electron chi connectivity index (χ4n) is 1.16. The number of halogens is 1. The Morgan fingerprint density at radius 1 is 1.31 bits per heavy atom. The highest BCUT2D eigenvalue weighted by Gasteiger charge is 2.20. The molecule has 1 rings (SSSR count). The number of rotatable bonds is 4. The van der Waals surface area contributed by atoms with Crippen molar-refractivity contribution in [2.45, 2.75) is 33.4 Å². The van der Waals surface area contributed by atoms with Crippen LogP contribution in [0, 0.1) is 11.2 Å². The molecule has 0 heterocycles. The third-order valence-corrected chi connectivity index (χ3v) is 2.63. The largest absolute Gasteiger partial charge is 0.375 e. The molecule has 0 saturated carbocycles. The molecule has 0 aliphatic rings. The van der Waals surface area contributed by atoms with Crippen molar-refractivity contribution in [2.75, 3.05) is 6.61 Å². The molecule has 1 aromatic carbocycles. The molecule has 2 N–H and O–H groups in total. The zero-order valence-electron chi connectivity index (χ0n) is 10.2. The van der Waals surface area contributed by atoms with E-state index >= 15 is 0 Å². The van der Waals surface area contributed by atoms with E-state index < -0.39 is 0 Å². The van der Waals surface area contributed by atoms with Crippen LogP contribution in [-0.4, -0.2) is 12.6 Å². The van der Waals surface area contributed by atoms with Crippen molar-refractivity contribution in [1.29, 1.82) is 0 Å². The molecule has 1 aromatic rings. The van der Waals surface area contributed by atoms with Crippen LogP contribution in [0.1, 0.15) is 26.3 Å². The Kier molecular flexibility index (Phi) is 4.44. The van der Waals surface area contributed by atoms with Crippen LogP contribution in [0.5, 0.6) is 0 Å². The molecule has 1 unspecified atom stereocenters. The summed E-state index contributed by atoms with van der Waals surface area (Å²) >= 11 is 0. The average Bonchev–Trinajstić information content (AvgIpc) is 2.19. The highest BCUT2D eigenvalue weighted by atomic mass is 19.1. The van der Waals surface area contributed by atoms with Crippen molar-refractivity contribution in [3.05, 3.63) is 35.6 Å². The summed E-state index contributed by atoms with van der Waals surface area (Å²) in [5.74, 6) is -0.230. The monoisotopic (exact) mass is 225 g/mol. The van der Waals surface area contributed by atoms with Crippen molar-refractivity contribution >= 4 is 0 Å². The zero-order chi connectivity index (χ0) is 12.2. The van der Waals surface area contributed by atoms with Gasteiger partial charge in [0.2, 0.25) is 0 Å². The Labute approximate surface area is 96.6 Å². The molecular weight excluding hydrogens is 205 g/mol. The number of hydrogen-bond acceptors (Lipinski definition) is 2. The van der Waals surface area contributed by atoms with Crippen molar-refractivity contribution in [2.24, 2.45) is 11.1 Å². The van der Waals surface area contributed by atoms with Crippen LogP contribution in [0.15, 0.2) is 24.3 Å². The molecule has 2 nitrogen and oxygen atoms in total. The predicted octanol–water partition coefficient (Wildman–Crippen LogP) is 2.72. The molecule has 16 heavy (non-hydrogen) atoms. The Bertz CT molecular complexity index is 333. The summed E-state index contributed by atoms with van der Waals surface area (Å²) in [6, 6.07) is 6.57. The van der Waals surface area contributed by atoms with Gasteiger partial charge in [0.1, 0.15) is 5.82 Å². The highest BCUT2D eigenvalue weighted by Crippen LogP contribution is 2.18. The van der Waals surface area contributed by atoms with Gasteiger partial charge in [-0.1, -0.05) is 39.0 Å². The molecule has 90 valence electrons. The van der Waals surface area contributed by atoms with Crippen LogP contribution >= 0.6 is 0 Å². The Morgan fingerprint density at radius 3 is 2.50 bits per heavy atom. The molecule has 3 heteroatoms. The molecule has 0 bridgehead atoms. The van der Waals surface area contributed by atoms with Gasteiger partial charge in [0.15, 0.2) is 0 Å². The molecule has 1 atom stereocenters. The molecule has 0 aliphatic carbocycles. The molecule has 0 radical (unpaired) electrons. The van der Waals surface area contributed by atoms with Gasteiger partial charge in [-0.15, -0.1) is 0 Å². The molecule has 0 saturated heterocycles. The number of benzene rings is 1. The molecule has 0 aromatic heterocycles. The second-order valence-electron chi connectivity index (χ2n) is 5.08. The van der Waals surface area contributed by atoms with Gasteiger partial charge in [-0.25, -0.2) is 4.39 Å². The van der Waals surface area contributed by atoms with Gasteiger partial charge < -0.3 is 10.5 Å². The van der Waals surface area contributed by atoms with Crippen LogP contribution in [-0.2, 0) is 11.3 Å². The molecule has 0 aliphatic heterocycles. The quantitative estimate of drug-likeness (QED) is 0.855. The van der Waals surface area contributed by atoms with Crippen LogP contribution in [0.4, 0.5) is 4.39 Å². The summed E-state index contributed by atoms with van der Waals surface area (Å²) in [5.41, 5.74) is 6.52. The average molecular weight is 225 g/mol. The molecule has 0 amide bonds. The van der Waals surface area contributed by atoms with E-state index in [1.165, 1.54) is 6.07 Å². The van der Waals surface area contributed by atoms with Gasteiger partial charge in [0.05, 0.1) is 13.2 Å². The Balaban J connectivity index is 2.40. The maximum absolute atomic E-state index is 13.2.